The van der Waals surface area contributed by atoms with Gasteiger partial charge < -0.3 is 9.67 Å². The first-order valence-corrected chi connectivity index (χ1v) is 9.37. The Morgan fingerprint density at radius 2 is 1.96 bits per heavy atom. The van der Waals surface area contributed by atoms with Gasteiger partial charge in [-0.05, 0) is 74.7 Å². The number of likely N-dealkylation sites (tertiary alicyclic amines) is 1. The van der Waals surface area contributed by atoms with Crippen molar-refractivity contribution < 1.29 is 5.11 Å². The molecule has 0 amide bonds. The first kappa shape index (κ1) is 18.2. The van der Waals surface area contributed by atoms with Crippen LogP contribution in [0.5, 0.6) is 0 Å². The molecule has 1 N–H and O–H groups in total. The number of hydrogen-bond acceptors (Lipinski definition) is 2. The first-order chi connectivity index (χ1) is 12.0. The van der Waals surface area contributed by atoms with Crippen molar-refractivity contribution in [3.8, 4) is 5.69 Å². The van der Waals surface area contributed by atoms with Crippen LogP contribution in [0.2, 0.25) is 5.02 Å². The Morgan fingerprint density at radius 1 is 1.24 bits per heavy atom. The molecular formula is C21H27ClN2O. The van der Waals surface area contributed by atoms with E-state index in [0.29, 0.717) is 0 Å². The molecule has 2 aromatic rings. The normalized spacial score (nSPS) is 18.5. The van der Waals surface area contributed by atoms with E-state index in [0.717, 1.165) is 35.8 Å². The molecule has 1 fully saturated rings. The van der Waals surface area contributed by atoms with E-state index in [1.165, 1.54) is 29.8 Å². The average molecular weight is 359 g/mol. The number of rotatable bonds is 5. The minimum absolute atomic E-state index is 0.233. The second-order valence-electron chi connectivity index (χ2n) is 7.00. The Labute approximate surface area is 155 Å². The summed E-state index contributed by atoms with van der Waals surface area (Å²) in [7, 11) is 0. The topological polar surface area (TPSA) is 28.4 Å². The smallest absolute Gasteiger partial charge is 0.0586 e. The molecule has 1 aliphatic rings. The van der Waals surface area contributed by atoms with E-state index in [9.17, 15) is 5.11 Å². The fourth-order valence-corrected chi connectivity index (χ4v) is 4.04. The van der Waals surface area contributed by atoms with Gasteiger partial charge >= 0.3 is 0 Å². The molecule has 1 unspecified atom stereocenters. The highest BCUT2D eigenvalue weighted by molar-refractivity contribution is 6.30. The minimum Gasteiger partial charge on any atom is -0.395 e. The van der Waals surface area contributed by atoms with Gasteiger partial charge in [0.2, 0.25) is 0 Å². The van der Waals surface area contributed by atoms with Gasteiger partial charge in [-0.1, -0.05) is 24.6 Å². The Kier molecular flexibility index (Phi) is 5.67. The molecule has 1 atom stereocenters. The molecule has 1 saturated heterocycles. The van der Waals surface area contributed by atoms with Crippen LogP contribution >= 0.6 is 11.6 Å². The number of halogens is 1. The van der Waals surface area contributed by atoms with Gasteiger partial charge in [0, 0.05) is 34.7 Å². The first-order valence-electron chi connectivity index (χ1n) is 8.99. The molecule has 1 aromatic carbocycles. The fourth-order valence-electron chi connectivity index (χ4n) is 3.91. The quantitative estimate of drug-likeness (QED) is 0.845. The SMILES string of the molecule is C=C(CN1CCCCC1CO)c1cc(C)n(-c2ccc(Cl)cc2)c1C. The van der Waals surface area contributed by atoms with Crippen LogP contribution < -0.4 is 0 Å². The second-order valence-corrected chi connectivity index (χ2v) is 7.44. The van der Waals surface area contributed by atoms with E-state index in [1.54, 1.807) is 0 Å². The Morgan fingerprint density at radius 3 is 2.64 bits per heavy atom. The van der Waals surface area contributed by atoms with Gasteiger partial charge in [-0.2, -0.15) is 0 Å². The molecule has 0 radical (unpaired) electrons. The van der Waals surface area contributed by atoms with E-state index >= 15 is 0 Å². The van der Waals surface area contributed by atoms with E-state index < -0.39 is 0 Å². The summed E-state index contributed by atoms with van der Waals surface area (Å²) in [5.74, 6) is 0. The van der Waals surface area contributed by atoms with Gasteiger partial charge in [-0.3, -0.25) is 4.90 Å². The van der Waals surface area contributed by atoms with E-state index in [1.807, 2.05) is 24.3 Å². The number of aliphatic hydroxyl groups excluding tert-OH is 1. The van der Waals surface area contributed by atoms with Crippen LogP contribution in [0.25, 0.3) is 11.3 Å². The van der Waals surface area contributed by atoms with Crippen LogP contribution in [0, 0.1) is 13.8 Å². The van der Waals surface area contributed by atoms with Crippen molar-refractivity contribution in [1.82, 2.24) is 9.47 Å². The molecule has 4 heteroatoms. The van der Waals surface area contributed by atoms with Gasteiger partial charge in [-0.15, -0.1) is 0 Å². The van der Waals surface area contributed by atoms with Crippen molar-refractivity contribution in [2.75, 3.05) is 19.7 Å². The molecule has 0 spiro atoms. The average Bonchev–Trinajstić information content (AvgIpc) is 2.91. The van der Waals surface area contributed by atoms with Crippen LogP contribution in [0.15, 0.2) is 36.9 Å². The van der Waals surface area contributed by atoms with Gasteiger partial charge in [0.05, 0.1) is 6.61 Å². The third kappa shape index (κ3) is 3.84. The molecular weight excluding hydrogens is 332 g/mol. The zero-order valence-electron chi connectivity index (χ0n) is 15.1. The third-order valence-corrected chi connectivity index (χ3v) is 5.50. The molecule has 3 rings (SSSR count). The summed E-state index contributed by atoms with van der Waals surface area (Å²) in [6, 6.07) is 10.4. The number of hydrogen-bond donors (Lipinski definition) is 1. The Balaban J connectivity index is 1.84. The van der Waals surface area contributed by atoms with Crippen molar-refractivity contribution >= 4 is 17.2 Å². The van der Waals surface area contributed by atoms with Crippen molar-refractivity contribution in [2.24, 2.45) is 0 Å². The highest BCUT2D eigenvalue weighted by atomic mass is 35.5. The summed E-state index contributed by atoms with van der Waals surface area (Å²) < 4.78 is 2.25. The summed E-state index contributed by atoms with van der Waals surface area (Å²) in [4.78, 5) is 2.38. The largest absolute Gasteiger partial charge is 0.395 e. The second kappa shape index (κ2) is 7.77. The lowest BCUT2D eigenvalue weighted by atomic mass is 10.0. The van der Waals surface area contributed by atoms with Crippen molar-refractivity contribution in [3.05, 3.63) is 58.9 Å². The molecule has 1 aliphatic heterocycles. The summed E-state index contributed by atoms with van der Waals surface area (Å²) in [6.45, 7) is 10.7. The minimum atomic E-state index is 0.233. The van der Waals surface area contributed by atoms with E-state index in [2.05, 4.69) is 36.0 Å². The Hall–Kier alpha value is -1.55. The van der Waals surface area contributed by atoms with E-state index in [4.69, 9.17) is 11.6 Å². The maximum atomic E-state index is 9.63. The molecule has 25 heavy (non-hydrogen) atoms. The predicted octanol–water partition coefficient (Wildman–Crippen LogP) is 4.61. The van der Waals surface area contributed by atoms with Crippen LogP contribution in [-0.2, 0) is 0 Å². The van der Waals surface area contributed by atoms with Crippen LogP contribution in [0.1, 0.15) is 36.2 Å². The van der Waals surface area contributed by atoms with E-state index in [-0.39, 0.29) is 12.6 Å². The third-order valence-electron chi connectivity index (χ3n) is 5.25. The number of nitrogens with zero attached hydrogens (tertiary/aromatic N) is 2. The Bertz CT molecular complexity index is 748. The summed E-state index contributed by atoms with van der Waals surface area (Å²) in [6.07, 6.45) is 3.49. The van der Waals surface area contributed by atoms with Crippen molar-refractivity contribution in [3.63, 3.8) is 0 Å². The molecule has 0 saturated carbocycles. The van der Waals surface area contributed by atoms with Crippen LogP contribution in [-0.4, -0.2) is 40.3 Å². The fraction of sp³-hybridized carbons (Fsp3) is 0.429. The molecule has 0 bridgehead atoms. The van der Waals surface area contributed by atoms with Gasteiger partial charge in [0.15, 0.2) is 0 Å². The lowest BCUT2D eigenvalue weighted by Gasteiger charge is -2.35. The van der Waals surface area contributed by atoms with Crippen molar-refractivity contribution in [2.45, 2.75) is 39.2 Å². The number of aliphatic hydroxyl groups is 1. The number of aromatic nitrogens is 1. The monoisotopic (exact) mass is 358 g/mol. The highest BCUT2D eigenvalue weighted by Crippen LogP contribution is 2.28. The summed E-state index contributed by atoms with van der Waals surface area (Å²) >= 11 is 6.02. The van der Waals surface area contributed by atoms with Gasteiger partial charge in [0.1, 0.15) is 0 Å². The molecule has 134 valence electrons. The molecule has 1 aromatic heterocycles. The molecule has 0 aliphatic carbocycles. The van der Waals surface area contributed by atoms with Crippen molar-refractivity contribution in [1.29, 1.82) is 0 Å². The van der Waals surface area contributed by atoms with Crippen LogP contribution in [0.3, 0.4) is 0 Å². The summed E-state index contributed by atoms with van der Waals surface area (Å²) in [5.41, 5.74) is 5.82. The van der Waals surface area contributed by atoms with Gasteiger partial charge in [0.25, 0.3) is 0 Å². The highest BCUT2D eigenvalue weighted by Gasteiger charge is 2.23. The maximum absolute atomic E-state index is 9.63. The predicted molar refractivity (Wildman–Crippen MR) is 106 cm³/mol. The van der Waals surface area contributed by atoms with Crippen LogP contribution in [0.4, 0.5) is 0 Å². The maximum Gasteiger partial charge on any atom is 0.0586 e. The number of benzene rings is 1. The zero-order valence-corrected chi connectivity index (χ0v) is 15.9. The zero-order chi connectivity index (χ0) is 18.0. The standard InChI is InChI=1S/C21H27ClN2O/c1-15(13-23-11-5-4-6-20(23)14-25)21-12-16(2)24(17(21)3)19-9-7-18(22)8-10-19/h7-10,12,20,25H,1,4-6,11,13-14H2,2-3H3. The molecule has 3 nitrogen and oxygen atoms in total. The number of piperidine rings is 1. The lowest BCUT2D eigenvalue weighted by Crippen LogP contribution is -2.42. The lowest BCUT2D eigenvalue weighted by molar-refractivity contribution is 0.103. The van der Waals surface area contributed by atoms with Gasteiger partial charge in [-0.25, -0.2) is 0 Å². The summed E-state index contributed by atoms with van der Waals surface area (Å²) in [5, 5.41) is 10.4. The molecule has 2 heterocycles. The number of aryl methyl sites for hydroxylation is 1.